The van der Waals surface area contributed by atoms with Crippen molar-refractivity contribution in [2.75, 3.05) is 11.9 Å². The Morgan fingerprint density at radius 1 is 0.968 bits per heavy atom. The number of benzene rings is 3. The maximum absolute atomic E-state index is 12.8. The molecule has 0 saturated carbocycles. The van der Waals surface area contributed by atoms with E-state index in [4.69, 9.17) is 16.3 Å². The number of nitrogens with one attached hydrogen (secondary N) is 1. The standard InChI is InChI=1S/C25H20ClNO4/c1-17-7-9-18(10-8-17)11-14-24(29)31-16-23(28)27-22-13-12-20(26)15-21(22)25(30)19-5-3-2-4-6-19/h2-15H,16H2,1H3,(H,27,28). The van der Waals surface area contributed by atoms with Crippen LogP contribution in [0.25, 0.3) is 6.08 Å². The lowest BCUT2D eigenvalue weighted by molar-refractivity contribution is -0.142. The van der Waals surface area contributed by atoms with Gasteiger partial charge in [-0.25, -0.2) is 4.79 Å². The van der Waals surface area contributed by atoms with E-state index in [2.05, 4.69) is 5.32 Å². The fourth-order valence-electron chi connectivity index (χ4n) is 2.77. The topological polar surface area (TPSA) is 72.5 Å². The molecular weight excluding hydrogens is 414 g/mol. The minimum absolute atomic E-state index is 0.248. The number of esters is 1. The van der Waals surface area contributed by atoms with Crippen LogP contribution in [0.2, 0.25) is 5.02 Å². The Hall–Kier alpha value is -3.70. The van der Waals surface area contributed by atoms with Crippen molar-refractivity contribution in [3.8, 4) is 0 Å². The first-order valence-electron chi connectivity index (χ1n) is 9.53. The van der Waals surface area contributed by atoms with Crippen molar-refractivity contribution in [3.05, 3.63) is 106 Å². The predicted molar refractivity (Wildman–Crippen MR) is 121 cm³/mol. The Balaban J connectivity index is 1.62. The van der Waals surface area contributed by atoms with Crippen LogP contribution < -0.4 is 5.32 Å². The van der Waals surface area contributed by atoms with E-state index in [1.807, 2.05) is 31.2 Å². The van der Waals surface area contributed by atoms with Crippen LogP contribution in [-0.4, -0.2) is 24.3 Å². The van der Waals surface area contributed by atoms with Crippen LogP contribution in [0.15, 0.2) is 78.9 Å². The molecule has 0 spiro atoms. The molecule has 3 rings (SSSR count). The third kappa shape index (κ3) is 6.39. The number of rotatable bonds is 7. The summed E-state index contributed by atoms with van der Waals surface area (Å²) in [7, 11) is 0. The van der Waals surface area contributed by atoms with E-state index >= 15 is 0 Å². The molecule has 0 radical (unpaired) electrons. The SMILES string of the molecule is Cc1ccc(C=CC(=O)OCC(=O)Nc2ccc(Cl)cc2C(=O)c2ccccc2)cc1. The van der Waals surface area contributed by atoms with Crippen LogP contribution in [0.3, 0.4) is 0 Å². The Bertz CT molecular complexity index is 1120. The third-order valence-corrected chi connectivity index (χ3v) is 4.61. The highest BCUT2D eigenvalue weighted by Gasteiger charge is 2.16. The Morgan fingerprint density at radius 3 is 2.39 bits per heavy atom. The van der Waals surface area contributed by atoms with Crippen molar-refractivity contribution >= 4 is 41.0 Å². The summed E-state index contributed by atoms with van der Waals surface area (Å²) in [5.41, 5.74) is 2.96. The number of ether oxygens (including phenoxy) is 1. The number of hydrogen-bond donors (Lipinski definition) is 1. The zero-order valence-corrected chi connectivity index (χ0v) is 17.6. The summed E-state index contributed by atoms with van der Waals surface area (Å²) >= 11 is 6.04. The molecule has 1 N–H and O–H groups in total. The lowest BCUT2D eigenvalue weighted by Gasteiger charge is -2.11. The van der Waals surface area contributed by atoms with Gasteiger partial charge in [0, 0.05) is 22.2 Å². The maximum Gasteiger partial charge on any atom is 0.331 e. The van der Waals surface area contributed by atoms with Gasteiger partial charge < -0.3 is 10.1 Å². The maximum atomic E-state index is 12.8. The Morgan fingerprint density at radius 2 is 1.68 bits per heavy atom. The van der Waals surface area contributed by atoms with E-state index in [1.165, 1.54) is 18.2 Å². The second-order valence-corrected chi connectivity index (χ2v) is 7.22. The molecule has 6 heteroatoms. The quantitative estimate of drug-likeness (QED) is 0.320. The fourth-order valence-corrected chi connectivity index (χ4v) is 2.94. The summed E-state index contributed by atoms with van der Waals surface area (Å²) < 4.78 is 4.98. The van der Waals surface area contributed by atoms with Crippen LogP contribution in [0.4, 0.5) is 5.69 Å². The molecule has 5 nitrogen and oxygen atoms in total. The summed E-state index contributed by atoms with van der Waals surface area (Å²) in [6.07, 6.45) is 2.86. The summed E-state index contributed by atoms with van der Waals surface area (Å²) in [6.45, 7) is 1.48. The molecule has 0 bridgehead atoms. The van der Waals surface area contributed by atoms with E-state index < -0.39 is 18.5 Å². The molecule has 3 aromatic rings. The average molecular weight is 434 g/mol. The highest BCUT2D eigenvalue weighted by Crippen LogP contribution is 2.23. The summed E-state index contributed by atoms with van der Waals surface area (Å²) in [4.78, 5) is 37.0. The molecule has 156 valence electrons. The molecule has 3 aromatic carbocycles. The van der Waals surface area contributed by atoms with Crippen LogP contribution >= 0.6 is 11.6 Å². The number of ketones is 1. The zero-order valence-electron chi connectivity index (χ0n) is 16.8. The molecule has 0 saturated heterocycles. The number of hydrogen-bond acceptors (Lipinski definition) is 4. The summed E-state index contributed by atoms with van der Waals surface area (Å²) in [5.74, 6) is -1.50. The number of aryl methyl sites for hydroxylation is 1. The summed E-state index contributed by atoms with van der Waals surface area (Å²) in [6, 6.07) is 20.9. The van der Waals surface area contributed by atoms with Crippen molar-refractivity contribution < 1.29 is 19.1 Å². The number of halogens is 1. The van der Waals surface area contributed by atoms with Crippen LogP contribution in [-0.2, 0) is 14.3 Å². The molecule has 0 aliphatic carbocycles. The van der Waals surface area contributed by atoms with Gasteiger partial charge in [0.05, 0.1) is 5.69 Å². The number of carbonyl (C=O) groups excluding carboxylic acids is 3. The number of carbonyl (C=O) groups is 3. The molecule has 0 atom stereocenters. The fraction of sp³-hybridized carbons (Fsp3) is 0.0800. The molecule has 1 amide bonds. The normalized spacial score (nSPS) is 10.6. The smallest absolute Gasteiger partial charge is 0.331 e. The zero-order chi connectivity index (χ0) is 22.2. The Kier molecular flexibility index (Phi) is 7.35. The molecule has 0 unspecified atom stereocenters. The second kappa shape index (κ2) is 10.4. The lowest BCUT2D eigenvalue weighted by atomic mass is 10.0. The van der Waals surface area contributed by atoms with Gasteiger partial charge >= 0.3 is 5.97 Å². The lowest BCUT2D eigenvalue weighted by Crippen LogP contribution is -2.21. The van der Waals surface area contributed by atoms with Crippen molar-refractivity contribution in [2.45, 2.75) is 6.92 Å². The van der Waals surface area contributed by atoms with E-state index in [-0.39, 0.29) is 17.0 Å². The predicted octanol–water partition coefficient (Wildman–Crippen LogP) is 5.07. The van der Waals surface area contributed by atoms with Crippen LogP contribution in [0.1, 0.15) is 27.0 Å². The third-order valence-electron chi connectivity index (χ3n) is 4.37. The van der Waals surface area contributed by atoms with Crippen LogP contribution in [0, 0.1) is 6.92 Å². The summed E-state index contributed by atoms with van der Waals surface area (Å²) in [5, 5.41) is 2.97. The van der Waals surface area contributed by atoms with Gasteiger partial charge in [-0.1, -0.05) is 71.8 Å². The molecule has 0 heterocycles. The highest BCUT2D eigenvalue weighted by atomic mass is 35.5. The highest BCUT2D eigenvalue weighted by molar-refractivity contribution is 6.31. The van der Waals surface area contributed by atoms with Crippen molar-refractivity contribution in [1.82, 2.24) is 0 Å². The molecule has 0 aromatic heterocycles. The van der Waals surface area contributed by atoms with Gasteiger partial charge in [0.1, 0.15) is 0 Å². The molecule has 0 fully saturated rings. The molecule has 0 aliphatic heterocycles. The van der Waals surface area contributed by atoms with Crippen molar-refractivity contribution in [2.24, 2.45) is 0 Å². The van der Waals surface area contributed by atoms with E-state index in [0.29, 0.717) is 10.6 Å². The van der Waals surface area contributed by atoms with Gasteiger partial charge in [-0.15, -0.1) is 0 Å². The van der Waals surface area contributed by atoms with Gasteiger partial charge in [0.25, 0.3) is 5.91 Å². The first-order valence-corrected chi connectivity index (χ1v) is 9.91. The minimum Gasteiger partial charge on any atom is -0.452 e. The Labute approximate surface area is 185 Å². The molecule has 31 heavy (non-hydrogen) atoms. The van der Waals surface area contributed by atoms with E-state index in [1.54, 1.807) is 42.5 Å². The minimum atomic E-state index is -0.646. The van der Waals surface area contributed by atoms with Crippen molar-refractivity contribution in [3.63, 3.8) is 0 Å². The van der Waals surface area contributed by atoms with Gasteiger partial charge in [-0.2, -0.15) is 0 Å². The second-order valence-electron chi connectivity index (χ2n) is 6.78. The first kappa shape index (κ1) is 22.0. The molecular formula is C25H20ClNO4. The average Bonchev–Trinajstić information content (AvgIpc) is 2.78. The largest absolute Gasteiger partial charge is 0.452 e. The van der Waals surface area contributed by atoms with Gasteiger partial charge in [-0.05, 0) is 36.8 Å². The van der Waals surface area contributed by atoms with Gasteiger partial charge in [0.15, 0.2) is 12.4 Å². The first-order chi connectivity index (χ1) is 14.9. The number of anilines is 1. The van der Waals surface area contributed by atoms with Crippen molar-refractivity contribution in [1.29, 1.82) is 0 Å². The monoisotopic (exact) mass is 433 g/mol. The van der Waals surface area contributed by atoms with Crippen LogP contribution in [0.5, 0.6) is 0 Å². The number of amides is 1. The molecule has 0 aliphatic rings. The van der Waals surface area contributed by atoms with E-state index in [9.17, 15) is 14.4 Å². The van der Waals surface area contributed by atoms with Gasteiger partial charge in [-0.3, -0.25) is 9.59 Å². The van der Waals surface area contributed by atoms with Gasteiger partial charge in [0.2, 0.25) is 0 Å². The van der Waals surface area contributed by atoms with E-state index in [0.717, 1.165) is 11.1 Å².